The Kier molecular flexibility index (Phi) is 29.9. The number of unbranched alkanes of at least 4 members (excludes halogenated alkanes) is 15. The molecule has 29 heavy (non-hydrogen) atoms. The van der Waals surface area contributed by atoms with Crippen LogP contribution in [0.4, 0.5) is 0 Å². The molecule has 5 nitrogen and oxygen atoms in total. The molecule has 0 aromatic rings. The van der Waals surface area contributed by atoms with Gasteiger partial charge in [-0.1, -0.05) is 103 Å². The highest BCUT2D eigenvalue weighted by Crippen LogP contribution is 2.13. The first-order valence-electron chi connectivity index (χ1n) is 11.8. The largest absolute Gasteiger partial charge is 0.344 e. The molecule has 0 rings (SSSR count). The van der Waals surface area contributed by atoms with Crippen molar-refractivity contribution < 1.29 is 12.6 Å². The van der Waals surface area contributed by atoms with Crippen molar-refractivity contribution in [2.45, 2.75) is 117 Å². The van der Waals surface area contributed by atoms with E-state index in [2.05, 4.69) is 6.92 Å². The zero-order valence-corrected chi connectivity index (χ0v) is 21.3. The van der Waals surface area contributed by atoms with Gasteiger partial charge in [0.2, 0.25) is 0 Å². The van der Waals surface area contributed by atoms with Gasteiger partial charge in [-0.25, -0.2) is 0 Å². The third-order valence-corrected chi connectivity index (χ3v) is 5.85. The van der Waals surface area contributed by atoms with Crippen molar-refractivity contribution in [2.75, 3.05) is 33.5 Å². The van der Waals surface area contributed by atoms with Crippen LogP contribution in [-0.2, 0) is 14.3 Å². The van der Waals surface area contributed by atoms with Crippen LogP contribution >= 0.6 is 0 Å². The quantitative estimate of drug-likeness (QED) is 0.174. The fraction of sp³-hybridized carbons (Fsp3) is 1.00. The number of rotatable bonds is 19. The summed E-state index contributed by atoms with van der Waals surface area (Å²) in [7, 11) is 2.76. The maximum absolute atomic E-state index is 11.1. The number of hydrogen-bond donors (Lipinski definition) is 1. The van der Waals surface area contributed by atoms with E-state index in [4.69, 9.17) is 4.18 Å². The highest BCUT2D eigenvalue weighted by Gasteiger charge is 2.05. The Bertz CT molecular complexity index is 385. The first kappa shape index (κ1) is 33.5. The van der Waals surface area contributed by atoms with Gasteiger partial charge in [0.1, 0.15) is 0 Å². The predicted octanol–water partition coefficient (Wildman–Crippen LogP) is 6.95. The van der Waals surface area contributed by atoms with Crippen LogP contribution in [0.15, 0.2) is 0 Å². The van der Waals surface area contributed by atoms with E-state index in [0.29, 0.717) is 6.61 Å². The highest BCUT2D eigenvalue weighted by molar-refractivity contribution is 7.86. The van der Waals surface area contributed by atoms with Crippen molar-refractivity contribution in [3.05, 3.63) is 0 Å². The monoisotopic (exact) mass is 438 g/mol. The molecule has 0 unspecified atom stereocenters. The van der Waals surface area contributed by atoms with Crippen molar-refractivity contribution in [2.24, 2.45) is 0 Å². The van der Waals surface area contributed by atoms with E-state index in [1.165, 1.54) is 89.9 Å². The maximum atomic E-state index is 11.1. The van der Waals surface area contributed by atoms with E-state index in [9.17, 15) is 8.42 Å². The third kappa shape index (κ3) is 35.6. The fourth-order valence-corrected chi connectivity index (χ4v) is 3.46. The molecule has 0 radical (unpaired) electrons. The van der Waals surface area contributed by atoms with Crippen LogP contribution in [0.2, 0.25) is 0 Å². The minimum atomic E-state index is -3.24. The van der Waals surface area contributed by atoms with E-state index < -0.39 is 10.1 Å². The standard InChI is InChI=1S/C20H42O3S.C3H9N.H3N/c1-3-5-6-7-8-9-10-11-12-13-14-15-16-17-18-19-20-23-24(21,22)4-2;1-4(2)3;/h3-20H2,1-2H3;1-3H3;1H3. The summed E-state index contributed by atoms with van der Waals surface area (Å²) >= 11 is 0. The summed E-state index contributed by atoms with van der Waals surface area (Å²) in [6.45, 7) is 4.24. The Morgan fingerprint density at radius 2 is 0.862 bits per heavy atom. The molecule has 0 aromatic heterocycles. The molecule has 0 atom stereocenters. The molecule has 0 aliphatic carbocycles. The van der Waals surface area contributed by atoms with Crippen LogP contribution in [0.3, 0.4) is 0 Å². The van der Waals surface area contributed by atoms with E-state index in [1.807, 2.05) is 26.0 Å². The predicted molar refractivity (Wildman–Crippen MR) is 130 cm³/mol. The molecular formula is C23H54N2O3S. The molecule has 0 aromatic carbocycles. The van der Waals surface area contributed by atoms with Gasteiger partial charge < -0.3 is 11.1 Å². The summed E-state index contributed by atoms with van der Waals surface area (Å²) in [6, 6.07) is 0. The summed E-state index contributed by atoms with van der Waals surface area (Å²) in [5, 5.41) is 0. The van der Waals surface area contributed by atoms with E-state index in [-0.39, 0.29) is 11.9 Å². The first-order chi connectivity index (χ1) is 13.4. The van der Waals surface area contributed by atoms with E-state index >= 15 is 0 Å². The third-order valence-electron chi connectivity index (χ3n) is 4.61. The smallest absolute Gasteiger partial charge is 0.267 e. The SMILES string of the molecule is CCCCCCCCCCCCCCCCCCOS(=O)(=O)CC.CN(C)C.N. The molecule has 3 N–H and O–H groups in total. The van der Waals surface area contributed by atoms with Gasteiger partial charge >= 0.3 is 0 Å². The molecule has 0 saturated heterocycles. The molecule has 0 saturated carbocycles. The summed E-state index contributed by atoms with van der Waals surface area (Å²) in [5.74, 6) is 0.0753. The van der Waals surface area contributed by atoms with Crippen LogP contribution in [0.5, 0.6) is 0 Å². The number of hydrogen-bond acceptors (Lipinski definition) is 5. The Morgan fingerprint density at radius 3 is 1.14 bits per heavy atom. The topological polar surface area (TPSA) is 81.6 Å². The zero-order valence-electron chi connectivity index (χ0n) is 20.5. The lowest BCUT2D eigenvalue weighted by molar-refractivity contribution is 0.307. The first-order valence-corrected chi connectivity index (χ1v) is 13.4. The second-order valence-corrected chi connectivity index (χ2v) is 10.2. The Hall–Kier alpha value is -0.170. The van der Waals surface area contributed by atoms with Crippen molar-refractivity contribution in [3.8, 4) is 0 Å². The highest BCUT2D eigenvalue weighted by atomic mass is 32.2. The van der Waals surface area contributed by atoms with Crippen LogP contribution in [0, 0.1) is 0 Å². The molecule has 0 aliphatic rings. The molecule has 6 heteroatoms. The molecule has 0 aliphatic heterocycles. The molecule has 0 amide bonds. The van der Waals surface area contributed by atoms with Gasteiger partial charge in [-0.15, -0.1) is 0 Å². The lowest BCUT2D eigenvalue weighted by Gasteiger charge is -2.04. The molecule has 180 valence electrons. The maximum Gasteiger partial charge on any atom is 0.267 e. The van der Waals surface area contributed by atoms with E-state index in [0.717, 1.165) is 12.8 Å². The lowest BCUT2D eigenvalue weighted by atomic mass is 10.0. The fourth-order valence-electron chi connectivity index (χ4n) is 2.92. The van der Waals surface area contributed by atoms with Gasteiger partial charge in [-0.3, -0.25) is 4.18 Å². The van der Waals surface area contributed by atoms with Crippen molar-refractivity contribution in [1.82, 2.24) is 11.1 Å². The van der Waals surface area contributed by atoms with Gasteiger partial charge in [0, 0.05) is 0 Å². The molecule has 0 fully saturated rings. The summed E-state index contributed by atoms with van der Waals surface area (Å²) in [5.41, 5.74) is 0. The second-order valence-electron chi connectivity index (χ2n) is 8.31. The summed E-state index contributed by atoms with van der Waals surface area (Å²) in [6.07, 6.45) is 21.2. The minimum Gasteiger partial charge on any atom is -0.344 e. The Labute approximate surface area is 184 Å². The molecule has 0 heterocycles. The van der Waals surface area contributed by atoms with Gasteiger partial charge in [0.25, 0.3) is 10.1 Å². The van der Waals surface area contributed by atoms with Crippen molar-refractivity contribution in [1.29, 1.82) is 0 Å². The van der Waals surface area contributed by atoms with Gasteiger partial charge in [0.05, 0.1) is 12.4 Å². The molecule has 0 bridgehead atoms. The molecular weight excluding hydrogens is 384 g/mol. The second kappa shape index (κ2) is 25.9. The molecule has 0 spiro atoms. The number of nitrogens with zero attached hydrogens (tertiary/aromatic N) is 1. The van der Waals surface area contributed by atoms with Crippen molar-refractivity contribution >= 4 is 10.1 Å². The van der Waals surface area contributed by atoms with Crippen molar-refractivity contribution in [3.63, 3.8) is 0 Å². The average molecular weight is 439 g/mol. The van der Waals surface area contributed by atoms with Crippen LogP contribution in [0.25, 0.3) is 0 Å². The summed E-state index contributed by atoms with van der Waals surface area (Å²) in [4.78, 5) is 2.00. The average Bonchev–Trinajstić information content (AvgIpc) is 2.64. The zero-order chi connectivity index (χ0) is 21.5. The van der Waals surface area contributed by atoms with Crippen LogP contribution in [0.1, 0.15) is 117 Å². The minimum absolute atomic E-state index is 0. The Balaban J connectivity index is -0.00000123. The summed E-state index contributed by atoms with van der Waals surface area (Å²) < 4.78 is 27.1. The van der Waals surface area contributed by atoms with E-state index in [1.54, 1.807) is 6.92 Å². The van der Waals surface area contributed by atoms with Crippen LogP contribution in [-0.4, -0.2) is 46.8 Å². The van der Waals surface area contributed by atoms with Gasteiger partial charge in [-0.2, -0.15) is 8.42 Å². The van der Waals surface area contributed by atoms with Gasteiger partial charge in [-0.05, 0) is 34.5 Å². The lowest BCUT2D eigenvalue weighted by Crippen LogP contribution is -2.09. The van der Waals surface area contributed by atoms with Gasteiger partial charge in [0.15, 0.2) is 0 Å². The Morgan fingerprint density at radius 1 is 0.586 bits per heavy atom. The van der Waals surface area contributed by atoms with Crippen LogP contribution < -0.4 is 6.15 Å². The normalized spacial score (nSPS) is 11.1.